The molecule has 1 aliphatic heterocycles. The minimum atomic E-state index is -3.47. The van der Waals surface area contributed by atoms with Gasteiger partial charge in [0.25, 0.3) is 0 Å². The number of nitrogens with zero attached hydrogens (tertiary/aromatic N) is 3. The number of aromatic nitrogens is 2. The molecule has 3 rings (SSSR count). The zero-order valence-corrected chi connectivity index (χ0v) is 11.2. The quantitative estimate of drug-likeness (QED) is 0.845. The van der Waals surface area contributed by atoms with Crippen molar-refractivity contribution < 1.29 is 13.6 Å². The van der Waals surface area contributed by atoms with Crippen molar-refractivity contribution >= 4 is 21.1 Å². The van der Waals surface area contributed by atoms with Crippen LogP contribution in [0.3, 0.4) is 0 Å². The normalized spacial score (nSPS) is 17.9. The molecular weight excluding hydrogens is 266 g/mol. The van der Waals surface area contributed by atoms with E-state index in [2.05, 4.69) is 4.98 Å². The van der Waals surface area contributed by atoms with Gasteiger partial charge in [-0.1, -0.05) is 6.42 Å². The third-order valence-corrected chi connectivity index (χ3v) is 5.35. The van der Waals surface area contributed by atoms with Crippen molar-refractivity contribution in [2.75, 3.05) is 13.1 Å². The SMILES string of the molecule is O=S(=O)(c1ccc2ncn(O)c2c1)N1CCCCC1. The Morgan fingerprint density at radius 3 is 2.63 bits per heavy atom. The summed E-state index contributed by atoms with van der Waals surface area (Å²) in [5, 5.41) is 9.56. The van der Waals surface area contributed by atoms with Crippen LogP contribution in [0.2, 0.25) is 0 Å². The van der Waals surface area contributed by atoms with Gasteiger partial charge in [0.05, 0.1) is 10.4 Å². The first-order valence-electron chi connectivity index (χ1n) is 6.25. The maximum atomic E-state index is 12.5. The van der Waals surface area contributed by atoms with E-state index in [9.17, 15) is 13.6 Å². The maximum absolute atomic E-state index is 12.5. The molecular formula is C12H15N3O3S. The Labute approximate surface area is 111 Å². The van der Waals surface area contributed by atoms with Crippen molar-refractivity contribution in [2.24, 2.45) is 0 Å². The monoisotopic (exact) mass is 281 g/mol. The predicted octanol–water partition coefficient (Wildman–Crippen LogP) is 1.45. The Morgan fingerprint density at radius 2 is 1.89 bits per heavy atom. The van der Waals surface area contributed by atoms with Crippen LogP contribution in [0, 0.1) is 0 Å². The average Bonchev–Trinajstić information content (AvgIpc) is 2.81. The van der Waals surface area contributed by atoms with Crippen LogP contribution in [0.25, 0.3) is 11.0 Å². The number of hydrogen-bond acceptors (Lipinski definition) is 4. The summed E-state index contributed by atoms with van der Waals surface area (Å²) in [6.45, 7) is 1.14. The van der Waals surface area contributed by atoms with Gasteiger partial charge in [0.2, 0.25) is 10.0 Å². The molecule has 1 N–H and O–H groups in total. The Hall–Kier alpha value is -1.60. The zero-order valence-electron chi connectivity index (χ0n) is 10.4. The molecule has 0 radical (unpaired) electrons. The molecule has 6 nitrogen and oxygen atoms in total. The lowest BCUT2D eigenvalue weighted by atomic mass is 10.2. The molecule has 0 bridgehead atoms. The van der Waals surface area contributed by atoms with E-state index in [1.807, 2.05) is 0 Å². The standard InChI is InChI=1S/C12H15N3O3S/c16-15-9-13-11-5-4-10(8-12(11)15)19(17,18)14-6-2-1-3-7-14/h4-5,8-9,16H,1-3,6-7H2. The first-order chi connectivity index (χ1) is 9.09. The van der Waals surface area contributed by atoms with E-state index in [4.69, 9.17) is 0 Å². The fourth-order valence-electron chi connectivity index (χ4n) is 2.39. The van der Waals surface area contributed by atoms with Gasteiger partial charge in [0.15, 0.2) is 0 Å². The van der Waals surface area contributed by atoms with Crippen LogP contribution in [0.1, 0.15) is 19.3 Å². The van der Waals surface area contributed by atoms with E-state index in [0.717, 1.165) is 24.0 Å². The molecule has 102 valence electrons. The van der Waals surface area contributed by atoms with Crippen LogP contribution in [0.5, 0.6) is 0 Å². The van der Waals surface area contributed by atoms with Gasteiger partial charge in [-0.2, -0.15) is 9.04 Å². The second kappa shape index (κ2) is 4.50. The van der Waals surface area contributed by atoms with Gasteiger partial charge in [-0.3, -0.25) is 0 Å². The number of fused-ring (bicyclic) bond motifs is 1. The number of rotatable bonds is 2. The van der Waals surface area contributed by atoms with E-state index < -0.39 is 10.0 Å². The fourth-order valence-corrected chi connectivity index (χ4v) is 3.93. The van der Waals surface area contributed by atoms with Crippen LogP contribution < -0.4 is 0 Å². The Bertz CT molecular complexity index is 702. The molecule has 1 aromatic heterocycles. The van der Waals surface area contributed by atoms with Crippen molar-refractivity contribution in [3.63, 3.8) is 0 Å². The molecule has 1 fully saturated rings. The largest absolute Gasteiger partial charge is 0.427 e. The van der Waals surface area contributed by atoms with Gasteiger partial charge in [0.1, 0.15) is 11.8 Å². The van der Waals surface area contributed by atoms with Crippen LogP contribution in [-0.2, 0) is 10.0 Å². The molecule has 19 heavy (non-hydrogen) atoms. The van der Waals surface area contributed by atoms with E-state index >= 15 is 0 Å². The summed E-state index contributed by atoms with van der Waals surface area (Å²) in [5.41, 5.74) is 0.971. The van der Waals surface area contributed by atoms with Crippen molar-refractivity contribution in [1.82, 2.24) is 14.0 Å². The van der Waals surface area contributed by atoms with E-state index in [-0.39, 0.29) is 4.90 Å². The highest BCUT2D eigenvalue weighted by atomic mass is 32.2. The van der Waals surface area contributed by atoms with Gasteiger partial charge >= 0.3 is 0 Å². The van der Waals surface area contributed by atoms with E-state index in [0.29, 0.717) is 24.1 Å². The fraction of sp³-hybridized carbons (Fsp3) is 0.417. The zero-order chi connectivity index (χ0) is 13.5. The van der Waals surface area contributed by atoms with Crippen molar-refractivity contribution in [2.45, 2.75) is 24.2 Å². The van der Waals surface area contributed by atoms with Crippen LogP contribution in [0.15, 0.2) is 29.4 Å². The first kappa shape index (κ1) is 12.4. The Morgan fingerprint density at radius 1 is 1.16 bits per heavy atom. The minimum Gasteiger partial charge on any atom is -0.427 e. The predicted molar refractivity (Wildman–Crippen MR) is 69.5 cm³/mol. The lowest BCUT2D eigenvalue weighted by Crippen LogP contribution is -2.35. The van der Waals surface area contributed by atoms with Crippen molar-refractivity contribution in [3.05, 3.63) is 24.5 Å². The molecule has 0 saturated carbocycles. The molecule has 0 aliphatic carbocycles. The number of imidazole rings is 1. The lowest BCUT2D eigenvalue weighted by Gasteiger charge is -2.25. The highest BCUT2D eigenvalue weighted by molar-refractivity contribution is 7.89. The summed E-state index contributed by atoms with van der Waals surface area (Å²) in [5.74, 6) is 0. The minimum absolute atomic E-state index is 0.206. The third kappa shape index (κ3) is 2.08. The molecule has 0 spiro atoms. The molecule has 7 heteroatoms. The number of hydrogen-bond donors (Lipinski definition) is 1. The summed E-state index contributed by atoms with van der Waals surface area (Å²) in [7, 11) is -3.47. The van der Waals surface area contributed by atoms with Crippen LogP contribution in [-0.4, -0.2) is 40.7 Å². The first-order valence-corrected chi connectivity index (χ1v) is 7.69. The van der Waals surface area contributed by atoms with Gasteiger partial charge in [-0.05, 0) is 31.0 Å². The smallest absolute Gasteiger partial charge is 0.243 e. The average molecular weight is 281 g/mol. The molecule has 2 aromatic rings. The second-order valence-electron chi connectivity index (χ2n) is 4.70. The van der Waals surface area contributed by atoms with Crippen LogP contribution in [0.4, 0.5) is 0 Å². The molecule has 0 unspecified atom stereocenters. The summed E-state index contributed by atoms with van der Waals surface area (Å²) >= 11 is 0. The highest BCUT2D eigenvalue weighted by Gasteiger charge is 2.26. The molecule has 1 saturated heterocycles. The third-order valence-electron chi connectivity index (χ3n) is 3.45. The number of piperidine rings is 1. The molecule has 1 aromatic carbocycles. The summed E-state index contributed by atoms with van der Waals surface area (Å²) in [4.78, 5) is 4.16. The molecule has 2 heterocycles. The van der Waals surface area contributed by atoms with Gasteiger partial charge in [-0.25, -0.2) is 13.4 Å². The number of benzene rings is 1. The maximum Gasteiger partial charge on any atom is 0.243 e. The topological polar surface area (TPSA) is 75.4 Å². The van der Waals surface area contributed by atoms with E-state index in [1.165, 1.54) is 16.7 Å². The summed E-state index contributed by atoms with van der Waals surface area (Å²) in [6, 6.07) is 4.62. The van der Waals surface area contributed by atoms with Gasteiger partial charge < -0.3 is 5.21 Å². The molecule has 0 amide bonds. The molecule has 1 aliphatic rings. The highest BCUT2D eigenvalue weighted by Crippen LogP contribution is 2.23. The van der Waals surface area contributed by atoms with Crippen LogP contribution >= 0.6 is 0 Å². The Kier molecular flexibility index (Phi) is 2.94. The van der Waals surface area contributed by atoms with Crippen molar-refractivity contribution in [1.29, 1.82) is 0 Å². The van der Waals surface area contributed by atoms with E-state index in [1.54, 1.807) is 12.1 Å². The van der Waals surface area contributed by atoms with Gasteiger partial charge in [0, 0.05) is 13.1 Å². The summed E-state index contributed by atoms with van der Waals surface area (Å²) in [6.07, 6.45) is 4.13. The number of sulfonamides is 1. The van der Waals surface area contributed by atoms with Crippen molar-refractivity contribution in [3.8, 4) is 0 Å². The Balaban J connectivity index is 2.04. The second-order valence-corrected chi connectivity index (χ2v) is 6.64. The van der Waals surface area contributed by atoms with Gasteiger partial charge in [-0.15, -0.1) is 0 Å². The summed E-state index contributed by atoms with van der Waals surface area (Å²) < 4.78 is 27.3. The molecule has 0 atom stereocenters. The lowest BCUT2D eigenvalue weighted by molar-refractivity contribution is 0.198.